The maximum atomic E-state index is 6.22. The summed E-state index contributed by atoms with van der Waals surface area (Å²) in [5.74, 6) is 0. The Morgan fingerprint density at radius 2 is 1.90 bits per heavy atom. The van der Waals surface area contributed by atoms with Crippen LogP contribution in [0.2, 0.25) is 10.0 Å². The third-order valence-electron chi connectivity index (χ3n) is 2.78. The average Bonchev–Trinajstić information content (AvgIpc) is 2.88. The Hall–Kier alpha value is -0.870. The van der Waals surface area contributed by atoms with E-state index in [9.17, 15) is 0 Å². The zero-order valence-electron chi connectivity index (χ0n) is 10.1. The molecule has 3 rings (SSSR count). The molecule has 2 aromatic carbocycles. The molecule has 5 heteroatoms. The van der Waals surface area contributed by atoms with Crippen molar-refractivity contribution in [3.05, 3.63) is 62.4 Å². The van der Waals surface area contributed by atoms with Crippen molar-refractivity contribution in [3.8, 4) is 21.8 Å². The predicted octanol–water partition coefficient (Wildman–Crippen LogP) is 6.55. The Morgan fingerprint density at radius 3 is 2.65 bits per heavy atom. The molecular weight excluding hydrogens is 377 g/mol. The zero-order chi connectivity index (χ0) is 14.1. The largest absolute Gasteiger partial charge is 0.236 e. The Bertz CT molecular complexity index is 770. The number of hydrogen-bond donors (Lipinski definition) is 0. The molecule has 0 unspecified atom stereocenters. The van der Waals surface area contributed by atoms with E-state index in [1.807, 2.05) is 41.8 Å². The first-order chi connectivity index (χ1) is 9.63. The number of thiazole rings is 1. The van der Waals surface area contributed by atoms with Crippen molar-refractivity contribution in [2.45, 2.75) is 0 Å². The quantitative estimate of drug-likeness (QED) is 0.488. The van der Waals surface area contributed by atoms with Gasteiger partial charge in [-0.3, -0.25) is 0 Å². The smallest absolute Gasteiger partial charge is 0.124 e. The van der Waals surface area contributed by atoms with Crippen LogP contribution >= 0.6 is 50.5 Å². The van der Waals surface area contributed by atoms with Crippen molar-refractivity contribution < 1.29 is 0 Å². The lowest BCUT2D eigenvalue weighted by Crippen LogP contribution is -1.81. The van der Waals surface area contributed by atoms with Crippen LogP contribution < -0.4 is 0 Å². The topological polar surface area (TPSA) is 12.9 Å². The maximum absolute atomic E-state index is 6.22. The fourth-order valence-corrected chi connectivity index (χ4v) is 3.57. The van der Waals surface area contributed by atoms with Crippen LogP contribution in [0.4, 0.5) is 0 Å². The fourth-order valence-electron chi connectivity index (χ4n) is 1.85. The normalized spacial score (nSPS) is 10.8. The summed E-state index contributed by atoms with van der Waals surface area (Å²) in [6.07, 6.45) is 0. The molecule has 0 fully saturated rings. The lowest BCUT2D eigenvalue weighted by molar-refractivity contribution is 1.40. The second kappa shape index (κ2) is 5.86. The standard InChI is InChI=1S/C15H8BrCl2NS/c16-10-3-1-2-9(6-10)15-19-14(8-20-15)12-5-4-11(17)7-13(12)18/h1-8H. The Morgan fingerprint density at radius 1 is 1.05 bits per heavy atom. The van der Waals surface area contributed by atoms with Crippen molar-refractivity contribution in [2.24, 2.45) is 0 Å². The first-order valence-corrected chi connectivity index (χ1v) is 8.23. The van der Waals surface area contributed by atoms with E-state index in [2.05, 4.69) is 20.9 Å². The molecule has 1 aromatic heterocycles. The van der Waals surface area contributed by atoms with Gasteiger partial charge in [0.05, 0.1) is 10.7 Å². The van der Waals surface area contributed by atoms with Gasteiger partial charge in [-0.25, -0.2) is 4.98 Å². The molecule has 0 N–H and O–H groups in total. The van der Waals surface area contributed by atoms with Crippen molar-refractivity contribution in [1.29, 1.82) is 0 Å². The van der Waals surface area contributed by atoms with Crippen LogP contribution in [-0.2, 0) is 0 Å². The van der Waals surface area contributed by atoms with Crippen molar-refractivity contribution in [3.63, 3.8) is 0 Å². The molecule has 0 bridgehead atoms. The lowest BCUT2D eigenvalue weighted by Gasteiger charge is -2.01. The third-order valence-corrected chi connectivity index (χ3v) is 4.72. The molecule has 0 aliphatic carbocycles. The SMILES string of the molecule is Clc1ccc(-c2csc(-c3cccc(Br)c3)n2)c(Cl)c1. The molecule has 0 spiro atoms. The Balaban J connectivity index is 2.02. The van der Waals surface area contributed by atoms with E-state index < -0.39 is 0 Å². The van der Waals surface area contributed by atoms with E-state index in [0.29, 0.717) is 10.0 Å². The highest BCUT2D eigenvalue weighted by Crippen LogP contribution is 2.34. The summed E-state index contributed by atoms with van der Waals surface area (Å²) < 4.78 is 1.04. The van der Waals surface area contributed by atoms with Crippen LogP contribution in [0.25, 0.3) is 21.8 Å². The molecule has 0 aliphatic rings. The molecule has 0 radical (unpaired) electrons. The highest BCUT2D eigenvalue weighted by atomic mass is 79.9. The molecule has 100 valence electrons. The minimum absolute atomic E-state index is 0.614. The third kappa shape index (κ3) is 2.91. The molecule has 0 atom stereocenters. The molecule has 1 heterocycles. The van der Waals surface area contributed by atoms with E-state index >= 15 is 0 Å². The van der Waals surface area contributed by atoms with E-state index in [1.165, 1.54) is 0 Å². The minimum Gasteiger partial charge on any atom is -0.236 e. The summed E-state index contributed by atoms with van der Waals surface area (Å²) in [5, 5.41) is 4.21. The number of rotatable bonds is 2. The molecule has 0 saturated carbocycles. The second-order valence-electron chi connectivity index (χ2n) is 4.17. The van der Waals surface area contributed by atoms with Gasteiger partial charge in [-0.15, -0.1) is 11.3 Å². The number of halogens is 3. The van der Waals surface area contributed by atoms with Gasteiger partial charge in [-0.1, -0.05) is 51.3 Å². The van der Waals surface area contributed by atoms with Crippen LogP contribution in [0.15, 0.2) is 52.3 Å². The summed E-state index contributed by atoms with van der Waals surface area (Å²) >= 11 is 17.2. The molecular formula is C15H8BrCl2NS. The monoisotopic (exact) mass is 383 g/mol. The highest BCUT2D eigenvalue weighted by molar-refractivity contribution is 9.10. The molecule has 3 aromatic rings. The minimum atomic E-state index is 0.614. The van der Waals surface area contributed by atoms with Gasteiger partial charge in [0.25, 0.3) is 0 Å². The molecule has 0 aliphatic heterocycles. The van der Waals surface area contributed by atoms with Gasteiger partial charge >= 0.3 is 0 Å². The number of hydrogen-bond acceptors (Lipinski definition) is 2. The molecule has 1 nitrogen and oxygen atoms in total. The van der Waals surface area contributed by atoms with Crippen LogP contribution in [0.5, 0.6) is 0 Å². The summed E-state index contributed by atoms with van der Waals surface area (Å²) in [6, 6.07) is 13.5. The lowest BCUT2D eigenvalue weighted by atomic mass is 10.2. The predicted molar refractivity (Wildman–Crippen MR) is 90.7 cm³/mol. The van der Waals surface area contributed by atoms with Crippen LogP contribution in [0.1, 0.15) is 0 Å². The van der Waals surface area contributed by atoms with Gasteiger partial charge in [-0.2, -0.15) is 0 Å². The summed E-state index contributed by atoms with van der Waals surface area (Å²) in [5.41, 5.74) is 2.85. The second-order valence-corrected chi connectivity index (χ2v) is 6.79. The Labute approximate surface area is 139 Å². The van der Waals surface area contributed by atoms with Crippen LogP contribution in [-0.4, -0.2) is 4.98 Å². The molecule has 20 heavy (non-hydrogen) atoms. The molecule has 0 amide bonds. The number of nitrogens with zero attached hydrogens (tertiary/aromatic N) is 1. The molecule has 0 saturated heterocycles. The average molecular weight is 385 g/mol. The van der Waals surface area contributed by atoms with E-state index in [4.69, 9.17) is 23.2 Å². The highest BCUT2D eigenvalue weighted by Gasteiger charge is 2.10. The van der Waals surface area contributed by atoms with Crippen molar-refractivity contribution >= 4 is 50.5 Å². The summed E-state index contributed by atoms with van der Waals surface area (Å²) in [6.45, 7) is 0. The Kier molecular flexibility index (Phi) is 4.13. The zero-order valence-corrected chi connectivity index (χ0v) is 14.0. The van der Waals surface area contributed by atoms with Gasteiger partial charge in [-0.05, 0) is 30.3 Å². The van der Waals surface area contributed by atoms with Gasteiger partial charge in [0.1, 0.15) is 5.01 Å². The van der Waals surface area contributed by atoms with Gasteiger partial charge in [0, 0.05) is 26.0 Å². The maximum Gasteiger partial charge on any atom is 0.124 e. The van der Waals surface area contributed by atoms with E-state index in [-0.39, 0.29) is 0 Å². The first-order valence-electron chi connectivity index (χ1n) is 5.80. The van der Waals surface area contributed by atoms with Gasteiger partial charge < -0.3 is 0 Å². The van der Waals surface area contributed by atoms with Gasteiger partial charge in [0.15, 0.2) is 0 Å². The van der Waals surface area contributed by atoms with E-state index in [0.717, 1.165) is 26.3 Å². The number of benzene rings is 2. The van der Waals surface area contributed by atoms with Crippen molar-refractivity contribution in [1.82, 2.24) is 4.98 Å². The van der Waals surface area contributed by atoms with Gasteiger partial charge in [0.2, 0.25) is 0 Å². The fraction of sp³-hybridized carbons (Fsp3) is 0. The van der Waals surface area contributed by atoms with Crippen LogP contribution in [0.3, 0.4) is 0 Å². The van der Waals surface area contributed by atoms with Crippen molar-refractivity contribution in [2.75, 3.05) is 0 Å². The summed E-state index contributed by atoms with van der Waals surface area (Å²) in [4.78, 5) is 4.65. The first kappa shape index (κ1) is 14.1. The van der Waals surface area contributed by atoms with E-state index in [1.54, 1.807) is 17.4 Å². The summed E-state index contributed by atoms with van der Waals surface area (Å²) in [7, 11) is 0. The number of aromatic nitrogens is 1. The van der Waals surface area contributed by atoms with Crippen LogP contribution in [0, 0.1) is 0 Å².